The number of methoxy groups -OCH3 is 1. The van der Waals surface area contributed by atoms with Crippen LogP contribution in [0.3, 0.4) is 0 Å². The summed E-state index contributed by atoms with van der Waals surface area (Å²) in [6.45, 7) is 6.15. The molecule has 7 heteroatoms. The van der Waals surface area contributed by atoms with E-state index in [0.29, 0.717) is 30.0 Å². The molecule has 2 aromatic rings. The lowest BCUT2D eigenvalue weighted by atomic mass is 10.1. The summed E-state index contributed by atoms with van der Waals surface area (Å²) in [5.74, 6) is 0.658. The van der Waals surface area contributed by atoms with Gasteiger partial charge in [-0.3, -0.25) is 9.59 Å². The normalized spacial score (nSPS) is 12.7. The quantitative estimate of drug-likeness (QED) is 0.495. The fraction of sp³-hybridized carbons (Fsp3) is 0.440. The standard InChI is InChI=1S/C25H33FN2O3S/c1-5-18(3)27-25(30)23(6-2)28(15-19-10-9-12-21(14-19)31-4)24(29)17-32-16-20-11-7-8-13-22(20)26/h7-14,18,23H,5-6,15-17H2,1-4H3,(H,27,30)/t18-,23+/m1/s1. The molecule has 0 aliphatic rings. The predicted molar refractivity (Wildman–Crippen MR) is 128 cm³/mol. The number of amides is 2. The van der Waals surface area contributed by atoms with Gasteiger partial charge in [-0.05, 0) is 49.1 Å². The van der Waals surface area contributed by atoms with E-state index in [1.165, 1.54) is 17.8 Å². The van der Waals surface area contributed by atoms with E-state index in [0.717, 1.165) is 12.0 Å². The van der Waals surface area contributed by atoms with Crippen molar-refractivity contribution in [2.24, 2.45) is 0 Å². The highest BCUT2D eigenvalue weighted by molar-refractivity contribution is 7.99. The molecule has 0 bridgehead atoms. The summed E-state index contributed by atoms with van der Waals surface area (Å²) in [5.41, 5.74) is 1.44. The van der Waals surface area contributed by atoms with Gasteiger partial charge in [0, 0.05) is 18.3 Å². The molecule has 0 aromatic heterocycles. The number of hydrogen-bond donors (Lipinski definition) is 1. The van der Waals surface area contributed by atoms with Crippen LogP contribution in [-0.4, -0.2) is 41.7 Å². The molecule has 2 amide bonds. The number of ether oxygens (including phenoxy) is 1. The maximum absolute atomic E-state index is 13.9. The molecule has 0 radical (unpaired) electrons. The molecule has 5 nitrogen and oxygen atoms in total. The monoisotopic (exact) mass is 460 g/mol. The van der Waals surface area contributed by atoms with E-state index >= 15 is 0 Å². The minimum atomic E-state index is -0.586. The molecule has 0 aliphatic carbocycles. The van der Waals surface area contributed by atoms with Gasteiger partial charge in [-0.15, -0.1) is 11.8 Å². The number of nitrogens with one attached hydrogen (secondary N) is 1. The first-order valence-electron chi connectivity index (χ1n) is 10.9. The second kappa shape index (κ2) is 13.1. The minimum absolute atomic E-state index is 0.0285. The summed E-state index contributed by atoms with van der Waals surface area (Å²) in [5, 5.41) is 3.00. The first-order chi connectivity index (χ1) is 15.4. The zero-order chi connectivity index (χ0) is 23.5. The van der Waals surface area contributed by atoms with Crippen LogP contribution in [0.1, 0.15) is 44.7 Å². The van der Waals surface area contributed by atoms with Gasteiger partial charge in [-0.2, -0.15) is 0 Å². The number of carbonyl (C=O) groups excluding carboxylic acids is 2. The van der Waals surface area contributed by atoms with E-state index in [1.54, 1.807) is 30.2 Å². The molecule has 1 N–H and O–H groups in total. The lowest BCUT2D eigenvalue weighted by molar-refractivity contribution is -0.139. The second-order valence-corrected chi connectivity index (χ2v) is 8.68. The van der Waals surface area contributed by atoms with Crippen molar-refractivity contribution in [1.82, 2.24) is 10.2 Å². The molecule has 0 unspecified atom stereocenters. The Balaban J connectivity index is 2.17. The SMILES string of the molecule is CC[C@@H](C)NC(=O)[C@H](CC)N(Cc1cccc(OC)c1)C(=O)CSCc1ccccc1F. The Bertz CT molecular complexity index is 893. The molecule has 32 heavy (non-hydrogen) atoms. The molecular weight excluding hydrogens is 427 g/mol. The Labute approximate surface area is 194 Å². The van der Waals surface area contributed by atoms with Crippen LogP contribution < -0.4 is 10.1 Å². The Morgan fingerprint density at radius 1 is 1.12 bits per heavy atom. The number of thioether (sulfide) groups is 1. The molecule has 0 heterocycles. The molecule has 2 rings (SSSR count). The van der Waals surface area contributed by atoms with Gasteiger partial charge in [-0.25, -0.2) is 4.39 Å². The van der Waals surface area contributed by atoms with E-state index in [9.17, 15) is 14.0 Å². The van der Waals surface area contributed by atoms with Gasteiger partial charge < -0.3 is 15.0 Å². The van der Waals surface area contributed by atoms with Crippen molar-refractivity contribution in [3.05, 3.63) is 65.5 Å². The minimum Gasteiger partial charge on any atom is -0.497 e. The summed E-state index contributed by atoms with van der Waals surface area (Å²) in [6, 6.07) is 13.5. The van der Waals surface area contributed by atoms with E-state index < -0.39 is 6.04 Å². The smallest absolute Gasteiger partial charge is 0.243 e. The first-order valence-corrected chi connectivity index (χ1v) is 12.1. The van der Waals surface area contributed by atoms with Gasteiger partial charge in [0.1, 0.15) is 17.6 Å². The van der Waals surface area contributed by atoms with Crippen LogP contribution in [0.4, 0.5) is 4.39 Å². The van der Waals surface area contributed by atoms with Gasteiger partial charge in [0.15, 0.2) is 0 Å². The van der Waals surface area contributed by atoms with Crippen LogP contribution in [0.15, 0.2) is 48.5 Å². The van der Waals surface area contributed by atoms with Crippen molar-refractivity contribution in [2.75, 3.05) is 12.9 Å². The van der Waals surface area contributed by atoms with Gasteiger partial charge >= 0.3 is 0 Å². The Kier molecular flexibility index (Phi) is 10.5. The Hall–Kier alpha value is -2.54. The van der Waals surface area contributed by atoms with Crippen LogP contribution in [0.2, 0.25) is 0 Å². The lowest BCUT2D eigenvalue weighted by Gasteiger charge is -2.31. The number of benzene rings is 2. The van der Waals surface area contributed by atoms with E-state index in [-0.39, 0.29) is 29.4 Å². The third kappa shape index (κ3) is 7.55. The highest BCUT2D eigenvalue weighted by Crippen LogP contribution is 2.20. The van der Waals surface area contributed by atoms with E-state index in [1.807, 2.05) is 45.0 Å². The van der Waals surface area contributed by atoms with Crippen LogP contribution >= 0.6 is 11.8 Å². The van der Waals surface area contributed by atoms with Crippen molar-refractivity contribution in [2.45, 2.75) is 58.0 Å². The van der Waals surface area contributed by atoms with Crippen molar-refractivity contribution >= 4 is 23.6 Å². The molecule has 0 saturated heterocycles. The maximum Gasteiger partial charge on any atom is 0.243 e. The molecule has 174 valence electrons. The highest BCUT2D eigenvalue weighted by Gasteiger charge is 2.29. The van der Waals surface area contributed by atoms with Crippen LogP contribution in [-0.2, 0) is 21.9 Å². The maximum atomic E-state index is 13.9. The summed E-state index contributed by atoms with van der Waals surface area (Å²) in [6.07, 6.45) is 1.31. The third-order valence-electron chi connectivity index (χ3n) is 5.31. The summed E-state index contributed by atoms with van der Waals surface area (Å²) in [7, 11) is 1.59. The van der Waals surface area contributed by atoms with Gasteiger partial charge in [0.25, 0.3) is 0 Å². The number of halogens is 1. The van der Waals surface area contributed by atoms with E-state index in [4.69, 9.17) is 4.74 Å². The predicted octanol–water partition coefficient (Wildman–Crippen LogP) is 4.79. The van der Waals surface area contributed by atoms with Gasteiger partial charge in [-0.1, -0.05) is 44.2 Å². The number of nitrogens with zero attached hydrogens (tertiary/aromatic N) is 1. The molecule has 0 spiro atoms. The van der Waals surface area contributed by atoms with Gasteiger partial charge in [0.05, 0.1) is 12.9 Å². The molecule has 2 aromatic carbocycles. The second-order valence-electron chi connectivity index (χ2n) is 7.70. The van der Waals surface area contributed by atoms with Gasteiger partial charge in [0.2, 0.25) is 11.8 Å². The summed E-state index contributed by atoms with van der Waals surface area (Å²) >= 11 is 1.35. The lowest BCUT2D eigenvalue weighted by Crippen LogP contribution is -2.51. The fourth-order valence-corrected chi connectivity index (χ4v) is 4.17. The van der Waals surface area contributed by atoms with Crippen LogP contribution in [0, 0.1) is 5.82 Å². The Morgan fingerprint density at radius 2 is 1.88 bits per heavy atom. The summed E-state index contributed by atoms with van der Waals surface area (Å²) in [4.78, 5) is 27.8. The first kappa shape index (κ1) is 25.7. The number of rotatable bonds is 12. The van der Waals surface area contributed by atoms with Crippen LogP contribution in [0.25, 0.3) is 0 Å². The zero-order valence-electron chi connectivity index (χ0n) is 19.3. The highest BCUT2D eigenvalue weighted by atomic mass is 32.2. The zero-order valence-corrected chi connectivity index (χ0v) is 20.1. The van der Waals surface area contributed by atoms with Crippen molar-refractivity contribution < 1.29 is 18.7 Å². The van der Waals surface area contributed by atoms with Crippen LogP contribution in [0.5, 0.6) is 5.75 Å². The average molecular weight is 461 g/mol. The largest absolute Gasteiger partial charge is 0.497 e. The Morgan fingerprint density at radius 3 is 2.53 bits per heavy atom. The molecule has 0 saturated carbocycles. The number of carbonyl (C=O) groups is 2. The van der Waals surface area contributed by atoms with Crippen molar-refractivity contribution in [1.29, 1.82) is 0 Å². The molecular formula is C25H33FN2O3S. The van der Waals surface area contributed by atoms with Crippen molar-refractivity contribution in [3.8, 4) is 5.75 Å². The third-order valence-corrected chi connectivity index (χ3v) is 6.28. The molecule has 2 atom stereocenters. The topological polar surface area (TPSA) is 58.6 Å². The van der Waals surface area contributed by atoms with Crippen molar-refractivity contribution in [3.63, 3.8) is 0 Å². The number of hydrogen-bond acceptors (Lipinski definition) is 4. The molecule has 0 aliphatic heterocycles. The fourth-order valence-electron chi connectivity index (χ4n) is 3.27. The average Bonchev–Trinajstić information content (AvgIpc) is 2.80. The summed E-state index contributed by atoms with van der Waals surface area (Å²) < 4.78 is 19.2. The molecule has 0 fully saturated rings. The van der Waals surface area contributed by atoms with E-state index in [2.05, 4.69) is 5.32 Å².